The standard InChI is InChI=1S/C25H21F7N4O4S/c1-12-17(21(37)34-13-5-4-6-14(11-13)41(3,33)38)22(36-35-20(12)24(27,28)29)40-16-8-7-15(18(26)19(16)39-2)23(9-10-23)25(30,31)32/h4-8,11,33H,9-10H2,1-3H3,(H,34,37). The first-order chi connectivity index (χ1) is 18.9. The summed E-state index contributed by atoms with van der Waals surface area (Å²) < 4.78 is 127. The summed E-state index contributed by atoms with van der Waals surface area (Å²) >= 11 is 0. The largest absolute Gasteiger partial charge is 0.490 e. The zero-order chi connectivity index (χ0) is 30.5. The maximum atomic E-state index is 15.3. The Kier molecular flexibility index (Phi) is 7.43. The molecule has 1 atom stereocenters. The average molecular weight is 607 g/mol. The monoisotopic (exact) mass is 606 g/mol. The molecule has 16 heteroatoms. The molecule has 1 saturated carbocycles. The van der Waals surface area contributed by atoms with Crippen molar-refractivity contribution in [1.82, 2.24) is 10.2 Å². The summed E-state index contributed by atoms with van der Waals surface area (Å²) in [4.78, 5) is 13.3. The number of alkyl halides is 6. The quantitative estimate of drug-likeness (QED) is 0.292. The normalized spacial score (nSPS) is 16.0. The van der Waals surface area contributed by atoms with Gasteiger partial charge in [-0.3, -0.25) is 4.79 Å². The number of methoxy groups -OCH3 is 1. The lowest BCUT2D eigenvalue weighted by Gasteiger charge is -2.22. The third-order valence-electron chi connectivity index (χ3n) is 6.50. The third-order valence-corrected chi connectivity index (χ3v) is 7.66. The summed E-state index contributed by atoms with van der Waals surface area (Å²) in [5.41, 5.74) is -6.15. The van der Waals surface area contributed by atoms with Crippen molar-refractivity contribution in [2.45, 2.75) is 42.4 Å². The summed E-state index contributed by atoms with van der Waals surface area (Å²) in [5, 5.41) is 8.77. The molecule has 1 amide bonds. The van der Waals surface area contributed by atoms with Crippen LogP contribution in [0, 0.1) is 17.5 Å². The average Bonchev–Trinajstić information content (AvgIpc) is 3.65. The third kappa shape index (κ3) is 5.64. The number of carbonyl (C=O) groups excluding carboxylic acids is 1. The number of rotatable bonds is 7. The number of benzene rings is 2. The lowest BCUT2D eigenvalue weighted by Crippen LogP contribution is -2.29. The minimum Gasteiger partial charge on any atom is -0.490 e. The van der Waals surface area contributed by atoms with Crippen molar-refractivity contribution < 1.29 is 49.2 Å². The molecule has 1 heterocycles. The second kappa shape index (κ2) is 10.2. The number of anilines is 1. The molecule has 0 radical (unpaired) electrons. The molecule has 2 N–H and O–H groups in total. The van der Waals surface area contributed by atoms with Gasteiger partial charge in [0.05, 0.1) is 22.3 Å². The van der Waals surface area contributed by atoms with Crippen molar-refractivity contribution in [1.29, 1.82) is 4.78 Å². The fourth-order valence-corrected chi connectivity index (χ4v) is 4.92. The van der Waals surface area contributed by atoms with Gasteiger partial charge in [0, 0.05) is 22.4 Å². The Labute approximate surface area is 228 Å². The number of amides is 1. The smallest absolute Gasteiger partial charge is 0.435 e. The van der Waals surface area contributed by atoms with Crippen molar-refractivity contribution in [2.24, 2.45) is 0 Å². The van der Waals surface area contributed by atoms with Crippen LogP contribution in [0.2, 0.25) is 0 Å². The first kappa shape index (κ1) is 30.0. The topological polar surface area (TPSA) is 114 Å². The summed E-state index contributed by atoms with van der Waals surface area (Å²) in [6.07, 6.45) is -9.35. The van der Waals surface area contributed by atoms with E-state index in [2.05, 4.69) is 15.5 Å². The molecule has 1 fully saturated rings. The molecule has 1 unspecified atom stereocenters. The van der Waals surface area contributed by atoms with E-state index in [-0.39, 0.29) is 23.4 Å². The second-order valence-corrected chi connectivity index (χ2v) is 11.5. The van der Waals surface area contributed by atoms with Gasteiger partial charge in [0.15, 0.2) is 23.0 Å². The molecule has 3 aromatic rings. The van der Waals surface area contributed by atoms with Crippen LogP contribution in [0.1, 0.15) is 40.0 Å². The number of halogens is 7. The first-order valence-electron chi connectivity index (χ1n) is 11.6. The van der Waals surface area contributed by atoms with Crippen LogP contribution in [-0.4, -0.2) is 39.9 Å². The van der Waals surface area contributed by atoms with Crippen LogP contribution in [0.4, 0.5) is 36.4 Å². The van der Waals surface area contributed by atoms with Crippen LogP contribution in [0.5, 0.6) is 17.4 Å². The van der Waals surface area contributed by atoms with E-state index >= 15 is 4.39 Å². The van der Waals surface area contributed by atoms with Crippen LogP contribution >= 0.6 is 0 Å². The van der Waals surface area contributed by atoms with Gasteiger partial charge in [0.1, 0.15) is 5.56 Å². The number of carbonyl (C=O) groups is 1. The molecule has 4 rings (SSSR count). The summed E-state index contributed by atoms with van der Waals surface area (Å²) in [6, 6.07) is 6.99. The first-order valence-corrected chi connectivity index (χ1v) is 13.6. The highest BCUT2D eigenvalue weighted by Crippen LogP contribution is 2.60. The van der Waals surface area contributed by atoms with Crippen LogP contribution in [0.25, 0.3) is 0 Å². The summed E-state index contributed by atoms with van der Waals surface area (Å²) in [7, 11) is -2.26. The predicted octanol–water partition coefficient (Wildman–Crippen LogP) is 6.63. The fraction of sp³-hybridized carbons (Fsp3) is 0.320. The molecule has 1 aliphatic carbocycles. The maximum Gasteiger partial charge on any atom is 0.435 e. The number of nitrogens with zero attached hydrogens (tertiary/aromatic N) is 2. The van der Waals surface area contributed by atoms with Gasteiger partial charge in [-0.15, -0.1) is 10.2 Å². The number of ether oxygens (including phenoxy) is 2. The van der Waals surface area contributed by atoms with Crippen molar-refractivity contribution in [3.63, 3.8) is 0 Å². The van der Waals surface area contributed by atoms with Crippen LogP contribution in [-0.2, 0) is 21.3 Å². The molecule has 41 heavy (non-hydrogen) atoms. The highest BCUT2D eigenvalue weighted by Gasteiger charge is 2.65. The Bertz CT molecular complexity index is 1640. The van der Waals surface area contributed by atoms with Crippen LogP contribution < -0.4 is 14.8 Å². The van der Waals surface area contributed by atoms with Gasteiger partial charge in [-0.1, -0.05) is 12.1 Å². The van der Waals surface area contributed by atoms with E-state index < -0.39 is 79.0 Å². The van der Waals surface area contributed by atoms with Crippen LogP contribution in [0.3, 0.4) is 0 Å². The lowest BCUT2D eigenvalue weighted by atomic mass is 9.94. The molecule has 0 bridgehead atoms. The molecule has 220 valence electrons. The summed E-state index contributed by atoms with van der Waals surface area (Å²) in [5.74, 6) is -4.77. The molecule has 1 aliphatic rings. The van der Waals surface area contributed by atoms with Gasteiger partial charge in [0.2, 0.25) is 0 Å². The number of nitrogens with one attached hydrogen (secondary N) is 2. The van der Waals surface area contributed by atoms with Gasteiger partial charge < -0.3 is 14.8 Å². The number of hydrogen-bond donors (Lipinski definition) is 2. The van der Waals surface area contributed by atoms with Gasteiger partial charge in [0.25, 0.3) is 11.8 Å². The van der Waals surface area contributed by atoms with Gasteiger partial charge >= 0.3 is 12.4 Å². The Hall–Kier alpha value is -3.95. The molecule has 0 saturated heterocycles. The minimum absolute atomic E-state index is 0.0277. The zero-order valence-electron chi connectivity index (χ0n) is 21.5. The van der Waals surface area contributed by atoms with Crippen molar-refractivity contribution in [2.75, 3.05) is 18.7 Å². The van der Waals surface area contributed by atoms with Crippen molar-refractivity contribution >= 4 is 21.3 Å². The molecule has 2 aromatic carbocycles. The molecule has 0 aliphatic heterocycles. The van der Waals surface area contributed by atoms with E-state index in [1.54, 1.807) is 0 Å². The Morgan fingerprint density at radius 1 is 1.10 bits per heavy atom. The van der Waals surface area contributed by atoms with E-state index in [0.717, 1.165) is 32.4 Å². The van der Waals surface area contributed by atoms with Gasteiger partial charge in [-0.25, -0.2) is 13.4 Å². The second-order valence-electron chi connectivity index (χ2n) is 9.32. The predicted molar refractivity (Wildman–Crippen MR) is 131 cm³/mol. The Morgan fingerprint density at radius 2 is 1.76 bits per heavy atom. The highest BCUT2D eigenvalue weighted by molar-refractivity contribution is 7.91. The SMILES string of the molecule is COc1c(Oc2nnc(C(F)(F)F)c(C)c2C(=O)Nc2cccc(S(C)(=N)=O)c2)ccc(C2(C(F)(F)F)CC2)c1F. The number of aromatic nitrogens is 2. The summed E-state index contributed by atoms with van der Waals surface area (Å²) in [6.45, 7) is 0.916. The van der Waals surface area contributed by atoms with Gasteiger partial charge in [-0.05, 0) is 49.6 Å². The van der Waals surface area contributed by atoms with Crippen molar-refractivity contribution in [3.05, 3.63) is 64.6 Å². The zero-order valence-corrected chi connectivity index (χ0v) is 22.3. The molecular formula is C25H21F7N4O4S. The lowest BCUT2D eigenvalue weighted by molar-refractivity contribution is -0.161. The molecular weight excluding hydrogens is 585 g/mol. The Morgan fingerprint density at radius 3 is 2.29 bits per heavy atom. The van der Waals surface area contributed by atoms with E-state index in [1.165, 1.54) is 24.3 Å². The van der Waals surface area contributed by atoms with E-state index in [0.29, 0.717) is 0 Å². The van der Waals surface area contributed by atoms with E-state index in [1.807, 2.05) is 0 Å². The maximum absolute atomic E-state index is 15.3. The van der Waals surface area contributed by atoms with E-state index in [9.17, 15) is 35.3 Å². The van der Waals surface area contributed by atoms with Crippen molar-refractivity contribution in [3.8, 4) is 17.4 Å². The van der Waals surface area contributed by atoms with Gasteiger partial charge in [-0.2, -0.15) is 26.3 Å². The van der Waals surface area contributed by atoms with E-state index in [4.69, 9.17) is 14.3 Å². The molecule has 1 aromatic heterocycles. The fourth-order valence-electron chi connectivity index (χ4n) is 4.23. The molecule has 8 nitrogen and oxygen atoms in total. The van der Waals surface area contributed by atoms with Crippen LogP contribution in [0.15, 0.2) is 41.3 Å². The number of hydrogen-bond acceptors (Lipinski definition) is 7. The Balaban J connectivity index is 1.79. The highest BCUT2D eigenvalue weighted by atomic mass is 32.2. The minimum atomic E-state index is -5.04. The molecule has 0 spiro atoms.